The van der Waals surface area contributed by atoms with Gasteiger partial charge < -0.3 is 16.0 Å². The molecule has 6 heteroatoms. The maximum atomic E-state index is 11.8. The Bertz CT molecular complexity index is 469. The Morgan fingerprint density at radius 3 is 2.60 bits per heavy atom. The lowest BCUT2D eigenvalue weighted by atomic mass is 10.2. The van der Waals surface area contributed by atoms with Crippen molar-refractivity contribution >= 4 is 17.6 Å². The van der Waals surface area contributed by atoms with Crippen LogP contribution in [0.15, 0.2) is 18.3 Å². The van der Waals surface area contributed by atoms with Gasteiger partial charge in [-0.2, -0.15) is 0 Å². The van der Waals surface area contributed by atoms with Crippen LogP contribution in [0.4, 0.5) is 5.82 Å². The minimum Gasteiger partial charge on any atom is -0.370 e. The van der Waals surface area contributed by atoms with Gasteiger partial charge in [0.15, 0.2) is 0 Å². The van der Waals surface area contributed by atoms with Gasteiger partial charge in [0.1, 0.15) is 5.82 Å². The Morgan fingerprint density at radius 1 is 1.25 bits per heavy atom. The summed E-state index contributed by atoms with van der Waals surface area (Å²) in [5.74, 6) is 0.867. The minimum absolute atomic E-state index is 0.0934. The first-order chi connectivity index (χ1) is 9.70. The molecule has 0 bridgehead atoms. The van der Waals surface area contributed by atoms with Crippen molar-refractivity contribution in [3.05, 3.63) is 23.9 Å². The zero-order valence-electron chi connectivity index (χ0n) is 11.6. The lowest BCUT2D eigenvalue weighted by Crippen LogP contribution is -2.35. The fourth-order valence-corrected chi connectivity index (χ4v) is 1.77. The van der Waals surface area contributed by atoms with E-state index in [-0.39, 0.29) is 17.7 Å². The number of anilines is 1. The molecule has 1 aromatic heterocycles. The van der Waals surface area contributed by atoms with Gasteiger partial charge in [0.2, 0.25) is 5.91 Å². The largest absolute Gasteiger partial charge is 0.370 e. The van der Waals surface area contributed by atoms with Crippen LogP contribution in [0.2, 0.25) is 0 Å². The highest BCUT2D eigenvalue weighted by atomic mass is 16.2. The Labute approximate surface area is 118 Å². The summed E-state index contributed by atoms with van der Waals surface area (Å²) in [5, 5.41) is 8.61. The standard InChI is InChI=1S/C14H20N4O2/c1-2-15-12-6-5-11(9-18-12)14(20)17-8-7-16-13(19)10-3-4-10/h5-6,9-10H,2-4,7-8H2,1H3,(H,15,18)(H,16,19)(H,17,20). The molecule has 0 aliphatic heterocycles. The molecule has 3 N–H and O–H groups in total. The van der Waals surface area contributed by atoms with Gasteiger partial charge >= 0.3 is 0 Å². The molecule has 1 fully saturated rings. The third-order valence-electron chi connectivity index (χ3n) is 3.04. The van der Waals surface area contributed by atoms with Crippen LogP contribution in [-0.2, 0) is 4.79 Å². The molecule has 0 radical (unpaired) electrons. The van der Waals surface area contributed by atoms with Crippen LogP contribution in [-0.4, -0.2) is 36.4 Å². The number of nitrogens with one attached hydrogen (secondary N) is 3. The zero-order chi connectivity index (χ0) is 14.4. The SMILES string of the molecule is CCNc1ccc(C(=O)NCCNC(=O)C2CC2)cn1. The van der Waals surface area contributed by atoms with Gasteiger partial charge in [-0.1, -0.05) is 0 Å². The first-order valence-electron chi connectivity index (χ1n) is 6.96. The topological polar surface area (TPSA) is 83.1 Å². The van der Waals surface area contributed by atoms with E-state index >= 15 is 0 Å². The summed E-state index contributed by atoms with van der Waals surface area (Å²) in [7, 11) is 0. The Balaban J connectivity index is 1.69. The molecule has 0 unspecified atom stereocenters. The molecule has 2 rings (SSSR count). The summed E-state index contributed by atoms with van der Waals surface area (Å²) >= 11 is 0. The minimum atomic E-state index is -0.179. The summed E-state index contributed by atoms with van der Waals surface area (Å²) in [5.41, 5.74) is 0.514. The fraction of sp³-hybridized carbons (Fsp3) is 0.500. The third-order valence-corrected chi connectivity index (χ3v) is 3.04. The molecule has 6 nitrogen and oxygen atoms in total. The lowest BCUT2D eigenvalue weighted by Gasteiger charge is -2.07. The number of carbonyl (C=O) groups excluding carboxylic acids is 2. The van der Waals surface area contributed by atoms with Crippen LogP contribution in [0.5, 0.6) is 0 Å². The maximum Gasteiger partial charge on any atom is 0.252 e. The van der Waals surface area contributed by atoms with Crippen LogP contribution >= 0.6 is 0 Å². The highest BCUT2D eigenvalue weighted by Crippen LogP contribution is 2.28. The van der Waals surface area contributed by atoms with E-state index in [2.05, 4.69) is 20.9 Å². The summed E-state index contributed by atoms with van der Waals surface area (Å²) < 4.78 is 0. The van der Waals surface area contributed by atoms with Crippen molar-refractivity contribution in [3.8, 4) is 0 Å². The quantitative estimate of drug-likeness (QED) is 0.642. The predicted molar refractivity (Wildman–Crippen MR) is 76.5 cm³/mol. The molecule has 0 aromatic carbocycles. The summed E-state index contributed by atoms with van der Waals surface area (Å²) in [4.78, 5) is 27.3. The van der Waals surface area contributed by atoms with Crippen molar-refractivity contribution in [1.82, 2.24) is 15.6 Å². The Hall–Kier alpha value is -2.11. The normalized spacial score (nSPS) is 13.7. The van der Waals surface area contributed by atoms with E-state index in [0.717, 1.165) is 25.2 Å². The van der Waals surface area contributed by atoms with Crippen LogP contribution in [0.1, 0.15) is 30.1 Å². The number of nitrogens with zero attached hydrogens (tertiary/aromatic N) is 1. The van der Waals surface area contributed by atoms with Crippen molar-refractivity contribution in [3.63, 3.8) is 0 Å². The average Bonchev–Trinajstić information content (AvgIpc) is 3.29. The summed E-state index contributed by atoms with van der Waals surface area (Å²) in [6.45, 7) is 3.66. The molecule has 1 aromatic rings. The first-order valence-corrected chi connectivity index (χ1v) is 6.96. The fourth-order valence-electron chi connectivity index (χ4n) is 1.77. The molecule has 1 heterocycles. The van der Waals surface area contributed by atoms with Crippen molar-refractivity contribution in [1.29, 1.82) is 0 Å². The summed E-state index contributed by atoms with van der Waals surface area (Å²) in [6, 6.07) is 3.50. The number of hydrogen-bond acceptors (Lipinski definition) is 4. The number of rotatable bonds is 7. The predicted octanol–water partition coefficient (Wildman–Crippen LogP) is 0.769. The summed E-state index contributed by atoms with van der Waals surface area (Å²) in [6.07, 6.45) is 3.51. The molecular formula is C14H20N4O2. The monoisotopic (exact) mass is 276 g/mol. The first kappa shape index (κ1) is 14.3. The number of pyridine rings is 1. The van der Waals surface area contributed by atoms with E-state index in [0.29, 0.717) is 18.7 Å². The van der Waals surface area contributed by atoms with Gasteiger partial charge in [0, 0.05) is 31.7 Å². The van der Waals surface area contributed by atoms with Crippen LogP contribution in [0, 0.1) is 5.92 Å². The molecule has 1 aliphatic rings. The van der Waals surface area contributed by atoms with Crippen LogP contribution in [0.25, 0.3) is 0 Å². The van der Waals surface area contributed by atoms with Gasteiger partial charge in [-0.3, -0.25) is 9.59 Å². The molecule has 0 atom stereocenters. The number of amides is 2. The van der Waals surface area contributed by atoms with Crippen molar-refractivity contribution in [2.75, 3.05) is 25.0 Å². The van der Waals surface area contributed by atoms with E-state index in [4.69, 9.17) is 0 Å². The van der Waals surface area contributed by atoms with Gasteiger partial charge in [0.25, 0.3) is 5.91 Å². The van der Waals surface area contributed by atoms with Gasteiger partial charge in [0.05, 0.1) is 5.56 Å². The average molecular weight is 276 g/mol. The second-order valence-corrected chi connectivity index (χ2v) is 4.78. The molecule has 1 saturated carbocycles. The molecular weight excluding hydrogens is 256 g/mol. The van der Waals surface area contributed by atoms with E-state index in [9.17, 15) is 9.59 Å². The highest BCUT2D eigenvalue weighted by Gasteiger charge is 2.28. The van der Waals surface area contributed by atoms with E-state index in [1.807, 2.05) is 6.92 Å². The second-order valence-electron chi connectivity index (χ2n) is 4.78. The number of aromatic nitrogens is 1. The second kappa shape index (κ2) is 6.88. The van der Waals surface area contributed by atoms with Gasteiger partial charge in [-0.15, -0.1) is 0 Å². The van der Waals surface area contributed by atoms with Gasteiger partial charge in [-0.05, 0) is 31.9 Å². The Kier molecular flexibility index (Phi) is 4.92. The lowest BCUT2D eigenvalue weighted by molar-refractivity contribution is -0.122. The number of hydrogen-bond donors (Lipinski definition) is 3. The molecule has 0 spiro atoms. The zero-order valence-corrected chi connectivity index (χ0v) is 11.6. The van der Waals surface area contributed by atoms with Crippen LogP contribution in [0.3, 0.4) is 0 Å². The maximum absolute atomic E-state index is 11.8. The van der Waals surface area contributed by atoms with Crippen LogP contribution < -0.4 is 16.0 Å². The Morgan fingerprint density at radius 2 is 2.00 bits per heavy atom. The molecule has 108 valence electrons. The van der Waals surface area contributed by atoms with E-state index in [1.54, 1.807) is 12.1 Å². The highest BCUT2D eigenvalue weighted by molar-refractivity contribution is 5.94. The van der Waals surface area contributed by atoms with Gasteiger partial charge in [-0.25, -0.2) is 4.98 Å². The third kappa shape index (κ3) is 4.22. The number of carbonyl (C=O) groups is 2. The van der Waals surface area contributed by atoms with E-state index in [1.165, 1.54) is 6.20 Å². The molecule has 1 aliphatic carbocycles. The van der Waals surface area contributed by atoms with Crippen molar-refractivity contribution in [2.24, 2.45) is 5.92 Å². The molecule has 20 heavy (non-hydrogen) atoms. The molecule has 2 amide bonds. The smallest absolute Gasteiger partial charge is 0.252 e. The molecule has 0 saturated heterocycles. The van der Waals surface area contributed by atoms with E-state index < -0.39 is 0 Å². The van der Waals surface area contributed by atoms with Crippen molar-refractivity contribution < 1.29 is 9.59 Å². The van der Waals surface area contributed by atoms with Crippen molar-refractivity contribution in [2.45, 2.75) is 19.8 Å².